The van der Waals surface area contributed by atoms with Crippen LogP contribution in [0.1, 0.15) is 38.4 Å². The van der Waals surface area contributed by atoms with Crippen LogP contribution in [0, 0.1) is 0 Å². The molecule has 0 saturated carbocycles. The molecule has 1 heterocycles. The fraction of sp³-hybridized carbons (Fsp3) is 0.667. The summed E-state index contributed by atoms with van der Waals surface area (Å²) in [5.41, 5.74) is 0.951. The minimum atomic E-state index is 0.153. The molecule has 1 aromatic rings. The lowest BCUT2D eigenvalue weighted by Crippen LogP contribution is -2.27. The summed E-state index contributed by atoms with van der Waals surface area (Å²) >= 11 is 0. The van der Waals surface area contributed by atoms with Crippen LogP contribution >= 0.6 is 0 Å². The summed E-state index contributed by atoms with van der Waals surface area (Å²) in [6, 6.07) is 0.153. The average molecular weight is 223 g/mol. The molecular formula is C12H21N3O. The summed E-state index contributed by atoms with van der Waals surface area (Å²) in [5, 5.41) is 3.42. The van der Waals surface area contributed by atoms with Gasteiger partial charge in [0, 0.05) is 19.0 Å². The molecule has 0 bridgehead atoms. The second-order valence-corrected chi connectivity index (χ2v) is 3.71. The van der Waals surface area contributed by atoms with Gasteiger partial charge in [-0.3, -0.25) is 9.97 Å². The molecule has 4 nitrogen and oxygen atoms in total. The van der Waals surface area contributed by atoms with Gasteiger partial charge in [-0.25, -0.2) is 0 Å². The number of hydrogen-bond donors (Lipinski definition) is 1. The van der Waals surface area contributed by atoms with E-state index in [-0.39, 0.29) is 6.04 Å². The third kappa shape index (κ3) is 4.68. The number of nitrogens with zero attached hydrogens (tertiary/aromatic N) is 2. The van der Waals surface area contributed by atoms with Gasteiger partial charge in [0.1, 0.15) is 0 Å². The molecule has 1 unspecified atom stereocenters. The molecule has 0 radical (unpaired) electrons. The molecule has 1 N–H and O–H groups in total. The number of rotatable bonds is 8. The minimum Gasteiger partial charge on any atom is -0.379 e. The molecule has 4 heteroatoms. The minimum absolute atomic E-state index is 0.153. The summed E-state index contributed by atoms with van der Waals surface area (Å²) in [4.78, 5) is 8.39. The van der Waals surface area contributed by atoms with Gasteiger partial charge in [0.2, 0.25) is 0 Å². The molecule has 0 aliphatic carbocycles. The first kappa shape index (κ1) is 13.1. The van der Waals surface area contributed by atoms with Gasteiger partial charge >= 0.3 is 0 Å². The fourth-order valence-corrected chi connectivity index (χ4v) is 1.40. The van der Waals surface area contributed by atoms with Crippen molar-refractivity contribution in [1.29, 1.82) is 0 Å². The van der Waals surface area contributed by atoms with E-state index in [1.807, 2.05) is 0 Å². The maximum absolute atomic E-state index is 5.57. The van der Waals surface area contributed by atoms with E-state index in [4.69, 9.17) is 4.74 Å². The van der Waals surface area contributed by atoms with Crippen LogP contribution in [-0.2, 0) is 4.74 Å². The van der Waals surface area contributed by atoms with E-state index in [2.05, 4.69) is 29.1 Å². The maximum atomic E-state index is 5.57. The Morgan fingerprint density at radius 2 is 2.19 bits per heavy atom. The highest BCUT2D eigenvalue weighted by molar-refractivity contribution is 5.02. The summed E-state index contributed by atoms with van der Waals surface area (Å²) in [6.07, 6.45) is 7.34. The van der Waals surface area contributed by atoms with Crippen molar-refractivity contribution < 1.29 is 4.74 Å². The smallest absolute Gasteiger partial charge is 0.0779 e. The van der Waals surface area contributed by atoms with E-state index in [0.29, 0.717) is 6.61 Å². The van der Waals surface area contributed by atoms with Crippen molar-refractivity contribution in [3.63, 3.8) is 0 Å². The Bertz CT molecular complexity index is 266. The Hall–Kier alpha value is -1.00. The molecule has 16 heavy (non-hydrogen) atoms. The van der Waals surface area contributed by atoms with Crippen molar-refractivity contribution in [3.05, 3.63) is 24.3 Å². The predicted molar refractivity (Wildman–Crippen MR) is 64.2 cm³/mol. The molecule has 0 aromatic carbocycles. The Balaban J connectivity index is 2.49. The van der Waals surface area contributed by atoms with Gasteiger partial charge in [0.05, 0.1) is 24.5 Å². The van der Waals surface area contributed by atoms with Gasteiger partial charge in [0.25, 0.3) is 0 Å². The van der Waals surface area contributed by atoms with E-state index >= 15 is 0 Å². The quantitative estimate of drug-likeness (QED) is 0.684. The summed E-state index contributed by atoms with van der Waals surface area (Å²) in [7, 11) is 0. The third-order valence-corrected chi connectivity index (χ3v) is 2.21. The molecule has 0 aliphatic heterocycles. The lowest BCUT2D eigenvalue weighted by Gasteiger charge is -2.17. The number of ether oxygens (including phenoxy) is 1. The molecule has 0 spiro atoms. The second-order valence-electron chi connectivity index (χ2n) is 3.71. The van der Waals surface area contributed by atoms with Crippen molar-refractivity contribution >= 4 is 0 Å². The first-order valence-electron chi connectivity index (χ1n) is 5.95. The molecule has 0 amide bonds. The SMILES string of the molecule is CCCNC(COCCC)c1cnccn1. The van der Waals surface area contributed by atoms with Crippen molar-refractivity contribution in [2.45, 2.75) is 32.7 Å². The zero-order chi connectivity index (χ0) is 11.6. The average Bonchev–Trinajstić information content (AvgIpc) is 2.35. The normalized spacial score (nSPS) is 12.6. The summed E-state index contributed by atoms with van der Waals surface area (Å²) in [5.74, 6) is 0. The molecule has 1 atom stereocenters. The summed E-state index contributed by atoms with van der Waals surface area (Å²) in [6.45, 7) is 6.68. The van der Waals surface area contributed by atoms with Crippen molar-refractivity contribution in [2.24, 2.45) is 0 Å². The second kappa shape index (κ2) is 8.19. The Labute approximate surface area is 97.5 Å². The highest BCUT2D eigenvalue weighted by Gasteiger charge is 2.11. The van der Waals surface area contributed by atoms with E-state index < -0.39 is 0 Å². The van der Waals surface area contributed by atoms with Crippen LogP contribution in [0.2, 0.25) is 0 Å². The molecule has 0 saturated heterocycles. The molecule has 1 aromatic heterocycles. The third-order valence-electron chi connectivity index (χ3n) is 2.21. The van der Waals surface area contributed by atoms with Gasteiger partial charge in [-0.15, -0.1) is 0 Å². The first-order chi connectivity index (χ1) is 7.88. The Morgan fingerprint density at radius 1 is 1.31 bits per heavy atom. The van der Waals surface area contributed by atoms with Gasteiger partial charge in [-0.05, 0) is 19.4 Å². The number of hydrogen-bond acceptors (Lipinski definition) is 4. The number of aromatic nitrogens is 2. The monoisotopic (exact) mass is 223 g/mol. The van der Waals surface area contributed by atoms with Crippen LogP contribution in [0.4, 0.5) is 0 Å². The lowest BCUT2D eigenvalue weighted by molar-refractivity contribution is 0.111. The van der Waals surface area contributed by atoms with Gasteiger partial charge in [-0.2, -0.15) is 0 Å². The Morgan fingerprint density at radius 3 is 2.81 bits per heavy atom. The van der Waals surface area contributed by atoms with Crippen molar-refractivity contribution in [2.75, 3.05) is 19.8 Å². The topological polar surface area (TPSA) is 47.0 Å². The van der Waals surface area contributed by atoms with Gasteiger partial charge in [0.15, 0.2) is 0 Å². The maximum Gasteiger partial charge on any atom is 0.0779 e. The molecule has 0 aliphatic rings. The zero-order valence-electron chi connectivity index (χ0n) is 10.1. The number of nitrogens with one attached hydrogen (secondary N) is 1. The van der Waals surface area contributed by atoms with Crippen LogP contribution in [0.3, 0.4) is 0 Å². The molecule has 90 valence electrons. The van der Waals surface area contributed by atoms with Gasteiger partial charge in [-0.1, -0.05) is 13.8 Å². The van der Waals surface area contributed by atoms with Crippen LogP contribution in [-0.4, -0.2) is 29.7 Å². The van der Waals surface area contributed by atoms with E-state index in [1.165, 1.54) is 0 Å². The molecular weight excluding hydrogens is 202 g/mol. The largest absolute Gasteiger partial charge is 0.379 e. The van der Waals surface area contributed by atoms with Crippen LogP contribution in [0.15, 0.2) is 18.6 Å². The zero-order valence-corrected chi connectivity index (χ0v) is 10.1. The van der Waals surface area contributed by atoms with Crippen LogP contribution in [0.5, 0.6) is 0 Å². The summed E-state index contributed by atoms with van der Waals surface area (Å²) < 4.78 is 5.57. The standard InChI is InChI=1S/C12H21N3O/c1-3-5-14-12(10-16-8-4-2)11-9-13-6-7-15-11/h6-7,9,12,14H,3-5,8,10H2,1-2H3. The van der Waals surface area contributed by atoms with E-state index in [0.717, 1.165) is 31.7 Å². The first-order valence-corrected chi connectivity index (χ1v) is 5.95. The molecule has 0 fully saturated rings. The fourth-order valence-electron chi connectivity index (χ4n) is 1.40. The van der Waals surface area contributed by atoms with Gasteiger partial charge < -0.3 is 10.1 Å². The van der Waals surface area contributed by atoms with Crippen molar-refractivity contribution in [1.82, 2.24) is 15.3 Å². The lowest BCUT2D eigenvalue weighted by atomic mass is 10.2. The highest BCUT2D eigenvalue weighted by Crippen LogP contribution is 2.08. The predicted octanol–water partition coefficient (Wildman–Crippen LogP) is 1.94. The Kier molecular flexibility index (Phi) is 6.69. The van der Waals surface area contributed by atoms with Crippen LogP contribution in [0.25, 0.3) is 0 Å². The van der Waals surface area contributed by atoms with Crippen LogP contribution < -0.4 is 5.32 Å². The van der Waals surface area contributed by atoms with Crippen molar-refractivity contribution in [3.8, 4) is 0 Å². The van der Waals surface area contributed by atoms with E-state index in [9.17, 15) is 0 Å². The van der Waals surface area contributed by atoms with E-state index in [1.54, 1.807) is 18.6 Å². The highest BCUT2D eigenvalue weighted by atomic mass is 16.5. The molecule has 1 rings (SSSR count).